The van der Waals surface area contributed by atoms with Crippen LogP contribution in [-0.2, 0) is 9.53 Å². The van der Waals surface area contributed by atoms with Gasteiger partial charge in [0.2, 0.25) is 5.91 Å². The molecule has 0 saturated heterocycles. The Bertz CT molecular complexity index is 493. The van der Waals surface area contributed by atoms with E-state index in [9.17, 15) is 9.59 Å². The summed E-state index contributed by atoms with van der Waals surface area (Å²) >= 11 is 1.02. The molecule has 0 aromatic carbocycles. The van der Waals surface area contributed by atoms with Crippen LogP contribution in [0.1, 0.15) is 38.1 Å². The van der Waals surface area contributed by atoms with Gasteiger partial charge in [-0.15, -0.1) is 0 Å². The number of aromatic nitrogens is 1. The maximum absolute atomic E-state index is 11.7. The van der Waals surface area contributed by atoms with Crippen LogP contribution in [0.5, 0.6) is 0 Å². The van der Waals surface area contributed by atoms with Gasteiger partial charge in [-0.1, -0.05) is 0 Å². The maximum Gasteiger partial charge on any atom is 0.344 e. The van der Waals surface area contributed by atoms with Gasteiger partial charge in [0.25, 0.3) is 0 Å². The number of nitrogens with zero attached hydrogens (tertiary/aromatic N) is 1. The summed E-state index contributed by atoms with van der Waals surface area (Å²) in [6.45, 7) is 7.65. The number of carbonyl (C=O) groups excluding carboxylic acids is 2. The summed E-state index contributed by atoms with van der Waals surface area (Å²) in [4.78, 5) is 23.5. The normalized spacial score (nSPS) is 11.0. The molecule has 0 bridgehead atoms. The molecular weight excluding hydrogens is 280 g/mol. The zero-order valence-corrected chi connectivity index (χ0v) is 12.9. The van der Waals surface area contributed by atoms with Gasteiger partial charge in [-0.25, -0.2) is 4.79 Å². The predicted molar refractivity (Wildman–Crippen MR) is 78.9 cm³/mol. The highest BCUT2D eigenvalue weighted by atomic mass is 32.1. The minimum absolute atomic E-state index is 0.0330. The van der Waals surface area contributed by atoms with Crippen LogP contribution < -0.4 is 16.4 Å². The van der Waals surface area contributed by atoms with E-state index in [-0.39, 0.29) is 36.0 Å². The first kappa shape index (κ1) is 16.2. The van der Waals surface area contributed by atoms with E-state index < -0.39 is 5.97 Å². The quantitative estimate of drug-likeness (QED) is 0.706. The Hall–Kier alpha value is -1.83. The van der Waals surface area contributed by atoms with Crippen molar-refractivity contribution in [3.63, 3.8) is 0 Å². The molecule has 0 radical (unpaired) electrons. The largest absolute Gasteiger partial charge is 0.462 e. The summed E-state index contributed by atoms with van der Waals surface area (Å²) in [5.41, 5.74) is 5.51. The van der Waals surface area contributed by atoms with Crippen LogP contribution in [-0.4, -0.2) is 34.9 Å². The second-order valence-corrected chi connectivity index (χ2v) is 5.92. The van der Waals surface area contributed by atoms with Gasteiger partial charge in [0.1, 0.15) is 10.6 Å². The van der Waals surface area contributed by atoms with Gasteiger partial charge in [-0.05, 0) is 39.2 Å². The summed E-state index contributed by atoms with van der Waals surface area (Å²) in [6, 6.07) is 0. The minimum Gasteiger partial charge on any atom is -0.462 e. The molecule has 8 heteroatoms. The Morgan fingerprint density at radius 1 is 1.40 bits per heavy atom. The van der Waals surface area contributed by atoms with E-state index in [1.165, 1.54) is 0 Å². The van der Waals surface area contributed by atoms with Crippen molar-refractivity contribution in [3.05, 3.63) is 5.56 Å². The average molecular weight is 300 g/mol. The van der Waals surface area contributed by atoms with E-state index in [2.05, 4.69) is 15.0 Å². The highest BCUT2D eigenvalue weighted by Gasteiger charge is 2.21. The van der Waals surface area contributed by atoms with Crippen LogP contribution in [0.2, 0.25) is 0 Å². The fourth-order valence-corrected chi connectivity index (χ4v) is 2.14. The standard InChI is InChI=1S/C12H20N4O3S/c1-5-19-11(18)8-9(13)16-20-10(8)14-6-7(17)15-12(2,3)4/h14H,5-6H2,1-4H3,(H2,13,16)(H,15,17). The van der Waals surface area contributed by atoms with Crippen molar-refractivity contribution in [3.8, 4) is 0 Å². The third kappa shape index (κ3) is 4.69. The molecule has 0 aliphatic rings. The molecule has 7 nitrogen and oxygen atoms in total. The third-order valence-electron chi connectivity index (χ3n) is 2.12. The Balaban J connectivity index is 2.70. The number of anilines is 2. The van der Waals surface area contributed by atoms with Crippen molar-refractivity contribution < 1.29 is 14.3 Å². The highest BCUT2D eigenvalue weighted by molar-refractivity contribution is 7.11. The maximum atomic E-state index is 11.7. The number of ether oxygens (including phenoxy) is 1. The van der Waals surface area contributed by atoms with Crippen molar-refractivity contribution in [1.29, 1.82) is 0 Å². The highest BCUT2D eigenvalue weighted by Crippen LogP contribution is 2.27. The smallest absolute Gasteiger partial charge is 0.344 e. The zero-order chi connectivity index (χ0) is 15.3. The summed E-state index contributed by atoms with van der Waals surface area (Å²) < 4.78 is 8.80. The summed E-state index contributed by atoms with van der Waals surface area (Å²) in [5.74, 6) is -0.621. The SMILES string of the molecule is CCOC(=O)c1c(N)nsc1NCC(=O)NC(C)(C)C. The summed E-state index contributed by atoms with van der Waals surface area (Å²) in [7, 11) is 0. The number of esters is 1. The Morgan fingerprint density at radius 3 is 2.60 bits per heavy atom. The molecule has 112 valence electrons. The molecular formula is C12H20N4O3S. The number of hydrogen-bond acceptors (Lipinski definition) is 7. The Labute approximate surface area is 122 Å². The molecule has 4 N–H and O–H groups in total. The van der Waals surface area contributed by atoms with Crippen molar-refractivity contribution in [2.45, 2.75) is 33.2 Å². The molecule has 20 heavy (non-hydrogen) atoms. The lowest BCUT2D eigenvalue weighted by molar-refractivity contribution is -0.120. The lowest BCUT2D eigenvalue weighted by atomic mass is 10.1. The third-order valence-corrected chi connectivity index (χ3v) is 2.94. The molecule has 1 amide bonds. The van der Waals surface area contributed by atoms with Gasteiger partial charge in [0, 0.05) is 5.54 Å². The van der Waals surface area contributed by atoms with E-state index in [0.717, 1.165) is 11.5 Å². The fraction of sp³-hybridized carbons (Fsp3) is 0.583. The van der Waals surface area contributed by atoms with Crippen molar-refractivity contribution in [1.82, 2.24) is 9.69 Å². The molecule has 0 atom stereocenters. The molecule has 1 rings (SSSR count). The molecule has 0 aliphatic heterocycles. The van der Waals surface area contributed by atoms with Gasteiger partial charge in [0.05, 0.1) is 13.2 Å². The van der Waals surface area contributed by atoms with Gasteiger partial charge in [-0.3, -0.25) is 4.79 Å². The lowest BCUT2D eigenvalue weighted by Crippen LogP contribution is -2.43. The molecule has 0 aliphatic carbocycles. The number of amides is 1. The Morgan fingerprint density at radius 2 is 2.05 bits per heavy atom. The summed E-state index contributed by atoms with van der Waals surface area (Å²) in [5, 5.41) is 6.10. The van der Waals surface area contributed by atoms with Crippen LogP contribution in [0, 0.1) is 0 Å². The monoisotopic (exact) mass is 300 g/mol. The number of rotatable bonds is 5. The fourth-order valence-electron chi connectivity index (χ4n) is 1.45. The van der Waals surface area contributed by atoms with E-state index in [0.29, 0.717) is 5.00 Å². The number of nitrogens with one attached hydrogen (secondary N) is 2. The predicted octanol–water partition coefficient (Wildman–Crippen LogP) is 1.23. The Kier molecular flexibility index (Phi) is 5.32. The number of carbonyl (C=O) groups is 2. The molecule has 0 fully saturated rings. The van der Waals surface area contributed by atoms with E-state index in [4.69, 9.17) is 10.5 Å². The molecule has 0 saturated carbocycles. The molecule has 0 unspecified atom stereocenters. The topological polar surface area (TPSA) is 106 Å². The minimum atomic E-state index is -0.544. The van der Waals surface area contributed by atoms with E-state index >= 15 is 0 Å². The zero-order valence-electron chi connectivity index (χ0n) is 12.1. The van der Waals surface area contributed by atoms with Crippen LogP contribution in [0.3, 0.4) is 0 Å². The second-order valence-electron chi connectivity index (χ2n) is 5.14. The average Bonchev–Trinajstić information content (AvgIpc) is 2.66. The van der Waals surface area contributed by atoms with Crippen molar-refractivity contribution in [2.75, 3.05) is 24.2 Å². The van der Waals surface area contributed by atoms with Gasteiger partial charge in [0.15, 0.2) is 5.82 Å². The van der Waals surface area contributed by atoms with Crippen LogP contribution >= 0.6 is 11.5 Å². The molecule has 0 spiro atoms. The van der Waals surface area contributed by atoms with Gasteiger partial charge in [-0.2, -0.15) is 4.37 Å². The number of nitrogens with two attached hydrogens (primary N) is 1. The number of nitrogen functional groups attached to an aromatic ring is 1. The van der Waals surface area contributed by atoms with Crippen molar-refractivity contribution >= 4 is 34.2 Å². The van der Waals surface area contributed by atoms with Gasteiger partial charge >= 0.3 is 5.97 Å². The lowest BCUT2D eigenvalue weighted by Gasteiger charge is -2.20. The van der Waals surface area contributed by atoms with E-state index in [1.54, 1.807) is 6.92 Å². The summed E-state index contributed by atoms with van der Waals surface area (Å²) in [6.07, 6.45) is 0. The van der Waals surface area contributed by atoms with Gasteiger partial charge < -0.3 is 21.1 Å². The van der Waals surface area contributed by atoms with E-state index in [1.807, 2.05) is 20.8 Å². The first-order valence-electron chi connectivity index (χ1n) is 6.21. The molecule has 1 heterocycles. The molecule has 1 aromatic rings. The van der Waals surface area contributed by atoms with Crippen LogP contribution in [0.15, 0.2) is 0 Å². The van der Waals surface area contributed by atoms with Crippen LogP contribution in [0.25, 0.3) is 0 Å². The second kappa shape index (κ2) is 6.56. The van der Waals surface area contributed by atoms with Crippen LogP contribution in [0.4, 0.5) is 10.8 Å². The first-order chi connectivity index (χ1) is 9.24. The van der Waals surface area contributed by atoms with Crippen molar-refractivity contribution in [2.24, 2.45) is 0 Å². The number of hydrogen-bond donors (Lipinski definition) is 3. The molecule has 1 aromatic heterocycles. The first-order valence-corrected chi connectivity index (χ1v) is 6.99.